The van der Waals surface area contributed by atoms with Crippen LogP contribution in [0, 0.1) is 5.92 Å². The van der Waals surface area contributed by atoms with Crippen LogP contribution in [0.3, 0.4) is 0 Å². The Hall–Kier alpha value is -3.13. The van der Waals surface area contributed by atoms with Crippen molar-refractivity contribution in [2.75, 3.05) is 43.0 Å². The fourth-order valence-electron chi connectivity index (χ4n) is 3.57. The number of hydrogen-bond acceptors (Lipinski definition) is 5. The Balaban J connectivity index is 1.48. The summed E-state index contributed by atoms with van der Waals surface area (Å²) in [5.74, 6) is 0.707. The molecule has 3 rings (SSSR count). The number of piperazine rings is 1. The van der Waals surface area contributed by atoms with Crippen molar-refractivity contribution < 1.29 is 14.3 Å². The van der Waals surface area contributed by atoms with E-state index in [4.69, 9.17) is 17.0 Å². The molecule has 176 valence electrons. The highest BCUT2D eigenvalue weighted by Crippen LogP contribution is 2.20. The average Bonchev–Trinajstić information content (AvgIpc) is 2.83. The molecule has 2 aromatic rings. The van der Waals surface area contributed by atoms with Crippen LogP contribution in [-0.4, -0.2) is 54.6 Å². The summed E-state index contributed by atoms with van der Waals surface area (Å²) in [6, 6.07) is 14.9. The number of amides is 2. The number of carbonyl (C=O) groups is 2. The van der Waals surface area contributed by atoms with Crippen LogP contribution in [0.25, 0.3) is 0 Å². The van der Waals surface area contributed by atoms with Crippen LogP contribution in [0.4, 0.5) is 11.4 Å². The molecule has 1 aliphatic rings. The van der Waals surface area contributed by atoms with Crippen molar-refractivity contribution in [2.45, 2.75) is 27.2 Å². The summed E-state index contributed by atoms with van der Waals surface area (Å²) in [7, 11) is 0. The van der Waals surface area contributed by atoms with Gasteiger partial charge in [0.1, 0.15) is 5.75 Å². The molecule has 2 N–H and O–H groups in total. The fraction of sp³-hybridized carbons (Fsp3) is 0.400. The third kappa shape index (κ3) is 6.92. The van der Waals surface area contributed by atoms with Crippen molar-refractivity contribution in [1.82, 2.24) is 10.2 Å². The minimum Gasteiger partial charge on any atom is -0.494 e. The number of carbonyl (C=O) groups excluding carboxylic acids is 2. The first kappa shape index (κ1) is 24.5. The van der Waals surface area contributed by atoms with Gasteiger partial charge in [0.15, 0.2) is 5.11 Å². The summed E-state index contributed by atoms with van der Waals surface area (Å²) in [5.41, 5.74) is 2.40. The van der Waals surface area contributed by atoms with Gasteiger partial charge in [-0.15, -0.1) is 0 Å². The van der Waals surface area contributed by atoms with Crippen LogP contribution >= 0.6 is 12.2 Å². The number of benzene rings is 2. The lowest BCUT2D eigenvalue weighted by Crippen LogP contribution is -2.49. The van der Waals surface area contributed by atoms with Crippen molar-refractivity contribution >= 4 is 40.5 Å². The lowest BCUT2D eigenvalue weighted by molar-refractivity contribution is -0.134. The zero-order chi connectivity index (χ0) is 23.8. The molecule has 33 heavy (non-hydrogen) atoms. The number of thiocarbonyl (C=S) groups is 1. The number of rotatable bonds is 7. The van der Waals surface area contributed by atoms with Gasteiger partial charge in [-0.2, -0.15) is 0 Å². The van der Waals surface area contributed by atoms with Crippen LogP contribution in [0.1, 0.15) is 37.6 Å². The maximum atomic E-state index is 12.4. The van der Waals surface area contributed by atoms with Crippen LogP contribution in [-0.2, 0) is 4.79 Å². The van der Waals surface area contributed by atoms with Gasteiger partial charge in [0.25, 0.3) is 5.91 Å². The van der Waals surface area contributed by atoms with Gasteiger partial charge < -0.3 is 19.9 Å². The zero-order valence-corrected chi connectivity index (χ0v) is 20.3. The summed E-state index contributed by atoms with van der Waals surface area (Å²) in [5, 5.41) is 5.99. The molecule has 8 heteroatoms. The Labute approximate surface area is 201 Å². The lowest BCUT2D eigenvalue weighted by Gasteiger charge is -2.37. The highest BCUT2D eigenvalue weighted by molar-refractivity contribution is 7.80. The SMILES string of the molecule is CCCOc1ccc(C(=O)NC(=S)Nc2ccc(N3CCN(C(=O)C(C)C)CC3)cc2)cc1. The Kier molecular flexibility index (Phi) is 8.65. The second kappa shape index (κ2) is 11.7. The first-order valence-corrected chi connectivity index (χ1v) is 11.8. The van der Waals surface area contributed by atoms with Gasteiger partial charge >= 0.3 is 0 Å². The van der Waals surface area contributed by atoms with E-state index >= 15 is 0 Å². The molecular formula is C25H32N4O3S. The molecular weight excluding hydrogens is 436 g/mol. The Bertz CT molecular complexity index is 953. The van der Waals surface area contributed by atoms with Crippen LogP contribution in [0.5, 0.6) is 5.75 Å². The van der Waals surface area contributed by atoms with Gasteiger partial charge in [0.05, 0.1) is 6.61 Å². The Morgan fingerprint density at radius 3 is 2.21 bits per heavy atom. The van der Waals surface area contributed by atoms with Crippen molar-refractivity contribution in [3.63, 3.8) is 0 Å². The maximum absolute atomic E-state index is 12.4. The highest BCUT2D eigenvalue weighted by Gasteiger charge is 2.22. The molecule has 2 aromatic carbocycles. The minimum atomic E-state index is -0.278. The minimum absolute atomic E-state index is 0.0328. The molecule has 0 atom stereocenters. The molecule has 0 saturated carbocycles. The number of nitrogens with one attached hydrogen (secondary N) is 2. The Morgan fingerprint density at radius 1 is 1.00 bits per heavy atom. The monoisotopic (exact) mass is 468 g/mol. The highest BCUT2D eigenvalue weighted by atomic mass is 32.1. The lowest BCUT2D eigenvalue weighted by atomic mass is 10.1. The molecule has 0 aliphatic carbocycles. The number of ether oxygens (including phenoxy) is 1. The molecule has 0 radical (unpaired) electrons. The smallest absolute Gasteiger partial charge is 0.257 e. The second-order valence-corrected chi connectivity index (χ2v) is 8.70. The van der Waals surface area contributed by atoms with E-state index in [1.807, 2.05) is 49.9 Å². The summed E-state index contributed by atoms with van der Waals surface area (Å²) in [6.07, 6.45) is 0.930. The van der Waals surface area contributed by atoms with Crippen LogP contribution in [0.2, 0.25) is 0 Å². The van der Waals surface area contributed by atoms with Crippen molar-refractivity contribution in [2.24, 2.45) is 5.92 Å². The fourth-order valence-corrected chi connectivity index (χ4v) is 3.78. The number of hydrogen-bond donors (Lipinski definition) is 2. The van der Waals surface area contributed by atoms with E-state index in [0.29, 0.717) is 12.2 Å². The standard InChI is InChI=1S/C25H32N4O3S/c1-4-17-32-22-11-5-19(6-12-22)23(30)27-25(33)26-20-7-9-21(10-8-20)28-13-15-29(16-14-28)24(31)18(2)3/h5-12,18H,4,13-17H2,1-3H3,(H2,26,27,30,33). The van der Waals surface area contributed by atoms with E-state index < -0.39 is 0 Å². The number of nitrogens with zero attached hydrogens (tertiary/aromatic N) is 2. The quantitative estimate of drug-likeness (QED) is 0.601. The summed E-state index contributed by atoms with van der Waals surface area (Å²) >= 11 is 5.30. The largest absolute Gasteiger partial charge is 0.494 e. The van der Waals surface area contributed by atoms with Crippen LogP contribution < -0.4 is 20.3 Å². The van der Waals surface area contributed by atoms with E-state index in [1.165, 1.54) is 0 Å². The predicted octanol–water partition coefficient (Wildman–Crippen LogP) is 3.91. The molecule has 1 saturated heterocycles. The molecule has 7 nitrogen and oxygen atoms in total. The molecule has 0 spiro atoms. The third-order valence-corrected chi connectivity index (χ3v) is 5.60. The third-order valence-electron chi connectivity index (χ3n) is 5.39. The van der Waals surface area contributed by atoms with Gasteiger partial charge in [-0.25, -0.2) is 0 Å². The summed E-state index contributed by atoms with van der Waals surface area (Å²) in [4.78, 5) is 28.8. The number of anilines is 2. The molecule has 0 unspecified atom stereocenters. The van der Waals surface area contributed by atoms with Gasteiger partial charge in [-0.05, 0) is 67.2 Å². The molecule has 1 fully saturated rings. The van der Waals surface area contributed by atoms with Crippen LogP contribution in [0.15, 0.2) is 48.5 Å². The molecule has 0 bridgehead atoms. The summed E-state index contributed by atoms with van der Waals surface area (Å²) in [6.45, 7) is 9.65. The van der Waals surface area contributed by atoms with E-state index in [0.717, 1.165) is 49.7 Å². The topological polar surface area (TPSA) is 73.9 Å². The predicted molar refractivity (Wildman–Crippen MR) is 136 cm³/mol. The van der Waals surface area contributed by atoms with Gasteiger partial charge in [-0.1, -0.05) is 20.8 Å². The van der Waals surface area contributed by atoms with E-state index in [9.17, 15) is 9.59 Å². The first-order chi connectivity index (χ1) is 15.9. The molecule has 0 aromatic heterocycles. The van der Waals surface area contributed by atoms with E-state index in [2.05, 4.69) is 15.5 Å². The van der Waals surface area contributed by atoms with E-state index in [-0.39, 0.29) is 22.8 Å². The molecule has 1 aliphatic heterocycles. The van der Waals surface area contributed by atoms with E-state index in [1.54, 1.807) is 24.3 Å². The first-order valence-electron chi connectivity index (χ1n) is 11.4. The van der Waals surface area contributed by atoms with Crippen molar-refractivity contribution in [3.05, 3.63) is 54.1 Å². The van der Waals surface area contributed by atoms with Gasteiger partial charge in [0, 0.05) is 49.0 Å². The van der Waals surface area contributed by atoms with Crippen molar-refractivity contribution in [3.8, 4) is 5.75 Å². The Morgan fingerprint density at radius 2 is 1.64 bits per heavy atom. The second-order valence-electron chi connectivity index (χ2n) is 8.29. The van der Waals surface area contributed by atoms with Gasteiger partial charge in [-0.3, -0.25) is 14.9 Å². The molecule has 1 heterocycles. The van der Waals surface area contributed by atoms with Gasteiger partial charge in [0.2, 0.25) is 5.91 Å². The average molecular weight is 469 g/mol. The molecule has 2 amide bonds. The maximum Gasteiger partial charge on any atom is 0.257 e. The normalized spacial score (nSPS) is 13.6. The zero-order valence-electron chi connectivity index (χ0n) is 19.5. The van der Waals surface area contributed by atoms with Crippen molar-refractivity contribution in [1.29, 1.82) is 0 Å². The summed E-state index contributed by atoms with van der Waals surface area (Å²) < 4.78 is 5.54.